The van der Waals surface area contributed by atoms with Crippen LogP contribution in [0.2, 0.25) is 5.02 Å². The Labute approximate surface area is 128 Å². The van der Waals surface area contributed by atoms with Crippen molar-refractivity contribution in [3.05, 3.63) is 69.2 Å². The maximum absolute atomic E-state index is 14.4. The van der Waals surface area contributed by atoms with Crippen LogP contribution in [0.25, 0.3) is 0 Å². The fourth-order valence-corrected chi connectivity index (χ4v) is 2.50. The minimum atomic E-state index is -0.545. The van der Waals surface area contributed by atoms with Gasteiger partial charge in [-0.2, -0.15) is 0 Å². The van der Waals surface area contributed by atoms with E-state index in [2.05, 4.69) is 5.32 Å². The van der Waals surface area contributed by atoms with E-state index < -0.39 is 17.7 Å². The first-order valence-corrected chi connectivity index (χ1v) is 7.27. The number of nitrogens with one attached hydrogen (secondary N) is 1. The third-order valence-corrected chi connectivity index (χ3v) is 3.96. The van der Waals surface area contributed by atoms with Crippen molar-refractivity contribution in [2.24, 2.45) is 0 Å². The highest BCUT2D eigenvalue weighted by Gasteiger charge is 2.22. The second-order valence-corrected chi connectivity index (χ2v) is 5.50. The van der Waals surface area contributed by atoms with E-state index in [9.17, 15) is 8.78 Å². The van der Waals surface area contributed by atoms with E-state index >= 15 is 0 Å². The highest BCUT2D eigenvalue weighted by molar-refractivity contribution is 6.31. The molecule has 2 rings (SSSR count). The molecule has 2 aromatic carbocycles. The predicted octanol–water partition coefficient (Wildman–Crippen LogP) is 4.93. The SMILES string of the molecule is CCNC(c1ccc(Cl)c(C)c1)c1c(F)ccc(C)c1F. The molecule has 1 atom stereocenters. The molecule has 0 saturated carbocycles. The van der Waals surface area contributed by atoms with Gasteiger partial charge in [-0.05, 0) is 49.2 Å². The van der Waals surface area contributed by atoms with Crippen molar-refractivity contribution >= 4 is 11.6 Å². The molecule has 1 N–H and O–H groups in total. The number of halogens is 3. The molecule has 0 heterocycles. The molecule has 0 aliphatic heterocycles. The van der Waals surface area contributed by atoms with Crippen molar-refractivity contribution in [2.45, 2.75) is 26.8 Å². The molecule has 21 heavy (non-hydrogen) atoms. The van der Waals surface area contributed by atoms with Crippen LogP contribution in [0.15, 0.2) is 30.3 Å². The maximum atomic E-state index is 14.4. The van der Waals surface area contributed by atoms with E-state index in [1.54, 1.807) is 19.1 Å². The second kappa shape index (κ2) is 6.54. The van der Waals surface area contributed by atoms with Crippen LogP contribution in [0.5, 0.6) is 0 Å². The fraction of sp³-hybridized carbons (Fsp3) is 0.294. The van der Waals surface area contributed by atoms with Gasteiger partial charge in [0.25, 0.3) is 0 Å². The van der Waals surface area contributed by atoms with Crippen LogP contribution in [-0.4, -0.2) is 6.54 Å². The van der Waals surface area contributed by atoms with Crippen molar-refractivity contribution in [3.63, 3.8) is 0 Å². The summed E-state index contributed by atoms with van der Waals surface area (Å²) >= 11 is 6.03. The van der Waals surface area contributed by atoms with E-state index in [0.717, 1.165) is 11.1 Å². The van der Waals surface area contributed by atoms with E-state index in [4.69, 9.17) is 11.6 Å². The standard InChI is InChI=1S/C17H18ClF2N/c1-4-21-17(12-6-7-13(18)11(3)9-12)15-14(19)8-5-10(2)16(15)20/h5-9,17,21H,4H2,1-3H3. The number of hydrogen-bond acceptors (Lipinski definition) is 1. The van der Waals surface area contributed by atoms with Gasteiger partial charge in [-0.1, -0.05) is 36.7 Å². The Morgan fingerprint density at radius 3 is 2.43 bits per heavy atom. The van der Waals surface area contributed by atoms with Crippen LogP contribution >= 0.6 is 11.6 Å². The molecule has 0 aliphatic rings. The van der Waals surface area contributed by atoms with Gasteiger partial charge >= 0.3 is 0 Å². The van der Waals surface area contributed by atoms with Gasteiger partial charge in [0, 0.05) is 10.6 Å². The summed E-state index contributed by atoms with van der Waals surface area (Å²) in [6.07, 6.45) is 0. The lowest BCUT2D eigenvalue weighted by molar-refractivity contribution is 0.506. The molecule has 0 radical (unpaired) electrons. The lowest BCUT2D eigenvalue weighted by Crippen LogP contribution is -2.24. The fourth-order valence-electron chi connectivity index (χ4n) is 2.38. The average molecular weight is 310 g/mol. The predicted molar refractivity (Wildman–Crippen MR) is 82.8 cm³/mol. The third-order valence-electron chi connectivity index (χ3n) is 3.53. The molecule has 4 heteroatoms. The van der Waals surface area contributed by atoms with Gasteiger partial charge in [-0.25, -0.2) is 8.78 Å². The number of rotatable bonds is 4. The number of aryl methyl sites for hydroxylation is 2. The quantitative estimate of drug-likeness (QED) is 0.844. The highest BCUT2D eigenvalue weighted by atomic mass is 35.5. The lowest BCUT2D eigenvalue weighted by Gasteiger charge is -2.21. The van der Waals surface area contributed by atoms with E-state index in [-0.39, 0.29) is 5.56 Å². The maximum Gasteiger partial charge on any atom is 0.134 e. The van der Waals surface area contributed by atoms with Gasteiger partial charge in [0.05, 0.1) is 6.04 Å². The number of hydrogen-bond donors (Lipinski definition) is 1. The summed E-state index contributed by atoms with van der Waals surface area (Å²) in [7, 11) is 0. The van der Waals surface area contributed by atoms with Crippen LogP contribution in [0, 0.1) is 25.5 Å². The Balaban J connectivity index is 2.58. The molecule has 0 fully saturated rings. The van der Waals surface area contributed by atoms with Gasteiger partial charge in [-0.15, -0.1) is 0 Å². The molecular formula is C17H18ClF2N. The van der Waals surface area contributed by atoms with Crippen LogP contribution in [0.1, 0.15) is 35.2 Å². The minimum Gasteiger partial charge on any atom is -0.306 e. The monoisotopic (exact) mass is 309 g/mol. The molecule has 0 aromatic heterocycles. The summed E-state index contributed by atoms with van der Waals surface area (Å²) in [5.41, 5.74) is 2.16. The average Bonchev–Trinajstić information content (AvgIpc) is 2.45. The molecule has 1 nitrogen and oxygen atoms in total. The van der Waals surface area contributed by atoms with Crippen LogP contribution in [0.3, 0.4) is 0 Å². The molecule has 0 amide bonds. The van der Waals surface area contributed by atoms with Crippen molar-refractivity contribution in [1.29, 1.82) is 0 Å². The zero-order valence-corrected chi connectivity index (χ0v) is 13.1. The van der Waals surface area contributed by atoms with Gasteiger partial charge in [0.1, 0.15) is 11.6 Å². The van der Waals surface area contributed by atoms with Crippen LogP contribution < -0.4 is 5.32 Å². The summed E-state index contributed by atoms with van der Waals surface area (Å²) in [4.78, 5) is 0. The zero-order chi connectivity index (χ0) is 15.6. The molecular weight excluding hydrogens is 292 g/mol. The van der Waals surface area contributed by atoms with Gasteiger partial charge in [0.2, 0.25) is 0 Å². The van der Waals surface area contributed by atoms with Gasteiger partial charge in [0.15, 0.2) is 0 Å². The summed E-state index contributed by atoms with van der Waals surface area (Å²) in [5, 5.41) is 3.79. The van der Waals surface area contributed by atoms with E-state index in [1.807, 2.05) is 19.9 Å². The summed E-state index contributed by atoms with van der Waals surface area (Å²) in [5.74, 6) is -1.05. The molecule has 0 saturated heterocycles. The van der Waals surface area contributed by atoms with Gasteiger partial charge in [-0.3, -0.25) is 0 Å². The topological polar surface area (TPSA) is 12.0 Å². The largest absolute Gasteiger partial charge is 0.306 e. The summed E-state index contributed by atoms with van der Waals surface area (Å²) in [6, 6.07) is 7.62. The van der Waals surface area contributed by atoms with Crippen molar-refractivity contribution in [1.82, 2.24) is 5.32 Å². The first kappa shape index (κ1) is 15.9. The van der Waals surface area contributed by atoms with E-state index in [0.29, 0.717) is 17.1 Å². The molecule has 0 aliphatic carbocycles. The normalized spacial score (nSPS) is 12.5. The van der Waals surface area contributed by atoms with Crippen LogP contribution in [-0.2, 0) is 0 Å². The first-order valence-electron chi connectivity index (χ1n) is 6.89. The molecule has 0 spiro atoms. The Bertz CT molecular complexity index is 655. The first-order chi connectivity index (χ1) is 9.95. The number of benzene rings is 2. The Hall–Kier alpha value is -1.45. The van der Waals surface area contributed by atoms with Crippen molar-refractivity contribution in [3.8, 4) is 0 Å². The van der Waals surface area contributed by atoms with Crippen molar-refractivity contribution < 1.29 is 8.78 Å². The summed E-state index contributed by atoms with van der Waals surface area (Å²) in [6.45, 7) is 6.01. The molecule has 1 unspecified atom stereocenters. The lowest BCUT2D eigenvalue weighted by atomic mass is 9.95. The highest BCUT2D eigenvalue weighted by Crippen LogP contribution is 2.30. The molecule has 112 valence electrons. The second-order valence-electron chi connectivity index (χ2n) is 5.09. The third kappa shape index (κ3) is 3.25. The van der Waals surface area contributed by atoms with E-state index in [1.165, 1.54) is 12.1 Å². The Morgan fingerprint density at radius 2 is 1.81 bits per heavy atom. The molecule has 2 aromatic rings. The zero-order valence-electron chi connectivity index (χ0n) is 12.3. The molecule has 0 bridgehead atoms. The van der Waals surface area contributed by atoms with Crippen molar-refractivity contribution in [2.75, 3.05) is 6.54 Å². The Morgan fingerprint density at radius 1 is 1.10 bits per heavy atom. The smallest absolute Gasteiger partial charge is 0.134 e. The van der Waals surface area contributed by atoms with Crippen LogP contribution in [0.4, 0.5) is 8.78 Å². The van der Waals surface area contributed by atoms with Gasteiger partial charge < -0.3 is 5.32 Å². The summed E-state index contributed by atoms with van der Waals surface area (Å²) < 4.78 is 28.6. The Kier molecular flexibility index (Phi) is 4.96. The minimum absolute atomic E-state index is 0.0542.